The van der Waals surface area contributed by atoms with Gasteiger partial charge in [0.05, 0.1) is 11.3 Å². The highest BCUT2D eigenvalue weighted by Gasteiger charge is 2.04. The molecule has 0 saturated carbocycles. The number of hydrogen-bond donors (Lipinski definition) is 1. The average Bonchev–Trinajstić information content (AvgIpc) is 2.47. The van der Waals surface area contributed by atoms with E-state index in [-0.39, 0.29) is 5.91 Å². The molecule has 1 amide bonds. The zero-order chi connectivity index (χ0) is 11.3. The van der Waals surface area contributed by atoms with Crippen LogP contribution in [-0.4, -0.2) is 17.6 Å². The zero-order valence-electron chi connectivity index (χ0n) is 9.18. The Morgan fingerprint density at radius 3 is 2.80 bits per heavy atom. The maximum Gasteiger partial charge on any atom is 0.216 e. The molecule has 4 heteroatoms. The highest BCUT2D eigenvalue weighted by atomic mass is 16.5. The molecule has 0 spiro atoms. The summed E-state index contributed by atoms with van der Waals surface area (Å²) in [6, 6.07) is 0. The summed E-state index contributed by atoms with van der Waals surface area (Å²) in [5, 5.41) is 6.47. The van der Waals surface area contributed by atoms with Crippen molar-refractivity contribution in [3.8, 4) is 11.8 Å². The molecule has 1 heterocycles. The van der Waals surface area contributed by atoms with Crippen LogP contribution < -0.4 is 5.32 Å². The van der Waals surface area contributed by atoms with Crippen molar-refractivity contribution in [3.63, 3.8) is 0 Å². The monoisotopic (exact) mass is 206 g/mol. The summed E-state index contributed by atoms with van der Waals surface area (Å²) < 4.78 is 4.97. The lowest BCUT2D eigenvalue weighted by molar-refractivity contribution is -0.118. The van der Waals surface area contributed by atoms with Gasteiger partial charge in [-0.3, -0.25) is 4.79 Å². The summed E-state index contributed by atoms with van der Waals surface area (Å²) in [4.78, 5) is 10.6. The number of nitrogens with one attached hydrogen (secondary N) is 1. The third-order valence-electron chi connectivity index (χ3n) is 1.87. The normalized spacial score (nSPS) is 9.27. The van der Waals surface area contributed by atoms with E-state index in [1.807, 2.05) is 13.8 Å². The SMILES string of the molecule is CC(=O)NCCC#Cc1c(C)noc1C. The van der Waals surface area contributed by atoms with Crippen LogP contribution in [-0.2, 0) is 4.79 Å². The number of hydrogen-bond acceptors (Lipinski definition) is 3. The number of aromatic nitrogens is 1. The van der Waals surface area contributed by atoms with E-state index < -0.39 is 0 Å². The minimum absolute atomic E-state index is 0.0332. The van der Waals surface area contributed by atoms with Gasteiger partial charge in [0.1, 0.15) is 5.76 Å². The first-order valence-electron chi connectivity index (χ1n) is 4.77. The van der Waals surface area contributed by atoms with Crippen LogP contribution in [0.25, 0.3) is 0 Å². The molecule has 1 aromatic heterocycles. The highest BCUT2D eigenvalue weighted by molar-refractivity contribution is 5.72. The van der Waals surface area contributed by atoms with Crippen molar-refractivity contribution in [1.82, 2.24) is 10.5 Å². The van der Waals surface area contributed by atoms with Gasteiger partial charge in [-0.25, -0.2) is 0 Å². The van der Waals surface area contributed by atoms with Crippen molar-refractivity contribution in [2.45, 2.75) is 27.2 Å². The molecule has 0 aliphatic carbocycles. The Balaban J connectivity index is 2.48. The van der Waals surface area contributed by atoms with Crippen molar-refractivity contribution < 1.29 is 9.32 Å². The second-order valence-corrected chi connectivity index (χ2v) is 3.23. The van der Waals surface area contributed by atoms with Gasteiger partial charge in [0.25, 0.3) is 0 Å². The molecular formula is C11H14N2O2. The standard InChI is InChI=1S/C11H14N2O2/c1-8-11(9(2)15-13-8)6-4-5-7-12-10(3)14/h5,7H2,1-3H3,(H,12,14). The van der Waals surface area contributed by atoms with E-state index >= 15 is 0 Å². The van der Waals surface area contributed by atoms with Crippen molar-refractivity contribution in [3.05, 3.63) is 17.0 Å². The molecule has 1 rings (SSSR count). The Hall–Kier alpha value is -1.76. The Morgan fingerprint density at radius 2 is 2.27 bits per heavy atom. The van der Waals surface area contributed by atoms with E-state index in [0.29, 0.717) is 13.0 Å². The molecule has 4 nitrogen and oxygen atoms in total. The van der Waals surface area contributed by atoms with E-state index in [2.05, 4.69) is 22.3 Å². The Kier molecular flexibility index (Phi) is 3.92. The molecular weight excluding hydrogens is 192 g/mol. The fourth-order valence-electron chi connectivity index (χ4n) is 1.11. The summed E-state index contributed by atoms with van der Waals surface area (Å²) in [5.74, 6) is 6.64. The van der Waals surface area contributed by atoms with E-state index in [9.17, 15) is 4.79 Å². The first kappa shape index (κ1) is 11.3. The highest BCUT2D eigenvalue weighted by Crippen LogP contribution is 2.09. The third kappa shape index (κ3) is 3.47. The topological polar surface area (TPSA) is 55.1 Å². The quantitative estimate of drug-likeness (QED) is 0.583. The molecule has 0 unspecified atom stereocenters. The lowest BCUT2D eigenvalue weighted by Crippen LogP contribution is -2.20. The molecule has 1 aromatic rings. The Bertz CT molecular complexity index is 390. The lowest BCUT2D eigenvalue weighted by atomic mass is 10.2. The number of aryl methyl sites for hydroxylation is 2. The Labute approximate surface area is 89.0 Å². The molecule has 15 heavy (non-hydrogen) atoms. The summed E-state index contributed by atoms with van der Waals surface area (Å²) in [6.45, 7) is 5.75. The minimum atomic E-state index is -0.0332. The van der Waals surface area contributed by atoms with Crippen LogP contribution in [0, 0.1) is 25.7 Å². The second-order valence-electron chi connectivity index (χ2n) is 3.23. The molecule has 1 N–H and O–H groups in total. The molecule has 0 saturated heterocycles. The first-order valence-corrected chi connectivity index (χ1v) is 4.77. The molecule has 0 atom stereocenters. The van der Waals surface area contributed by atoms with Crippen LogP contribution in [0.5, 0.6) is 0 Å². The van der Waals surface area contributed by atoms with Gasteiger partial charge < -0.3 is 9.84 Å². The van der Waals surface area contributed by atoms with Crippen molar-refractivity contribution in [2.75, 3.05) is 6.54 Å². The van der Waals surface area contributed by atoms with Gasteiger partial charge in [-0.15, -0.1) is 0 Å². The summed E-state index contributed by atoms with van der Waals surface area (Å²) >= 11 is 0. The van der Waals surface area contributed by atoms with E-state index in [0.717, 1.165) is 17.0 Å². The second kappa shape index (κ2) is 5.20. The average molecular weight is 206 g/mol. The summed E-state index contributed by atoms with van der Waals surface area (Å²) in [6.07, 6.45) is 0.629. The number of nitrogens with zero attached hydrogens (tertiary/aromatic N) is 1. The fraction of sp³-hybridized carbons (Fsp3) is 0.455. The zero-order valence-corrected chi connectivity index (χ0v) is 9.18. The van der Waals surface area contributed by atoms with Crippen LogP contribution in [0.3, 0.4) is 0 Å². The minimum Gasteiger partial charge on any atom is -0.360 e. The number of carbonyl (C=O) groups is 1. The summed E-state index contributed by atoms with van der Waals surface area (Å²) in [7, 11) is 0. The van der Waals surface area contributed by atoms with Crippen molar-refractivity contribution >= 4 is 5.91 Å². The number of amides is 1. The molecule has 0 radical (unpaired) electrons. The van der Waals surface area contributed by atoms with E-state index in [1.165, 1.54) is 6.92 Å². The van der Waals surface area contributed by atoms with Crippen molar-refractivity contribution in [1.29, 1.82) is 0 Å². The predicted molar refractivity (Wildman–Crippen MR) is 56.2 cm³/mol. The smallest absolute Gasteiger partial charge is 0.216 e. The fourth-order valence-corrected chi connectivity index (χ4v) is 1.11. The van der Waals surface area contributed by atoms with Crippen LogP contribution in [0.4, 0.5) is 0 Å². The van der Waals surface area contributed by atoms with Gasteiger partial charge in [-0.1, -0.05) is 17.0 Å². The van der Waals surface area contributed by atoms with Gasteiger partial charge in [0.15, 0.2) is 0 Å². The summed E-state index contributed by atoms with van der Waals surface area (Å²) in [5.41, 5.74) is 1.65. The first-order chi connectivity index (χ1) is 7.11. The van der Waals surface area contributed by atoms with Gasteiger partial charge in [0, 0.05) is 19.9 Å². The molecule has 0 aliphatic rings. The van der Waals surface area contributed by atoms with Gasteiger partial charge in [-0.05, 0) is 13.8 Å². The van der Waals surface area contributed by atoms with E-state index in [1.54, 1.807) is 0 Å². The number of carbonyl (C=O) groups excluding carboxylic acids is 1. The Morgan fingerprint density at radius 1 is 1.53 bits per heavy atom. The van der Waals surface area contributed by atoms with Gasteiger partial charge >= 0.3 is 0 Å². The van der Waals surface area contributed by atoms with E-state index in [4.69, 9.17) is 4.52 Å². The molecule has 0 aliphatic heterocycles. The third-order valence-corrected chi connectivity index (χ3v) is 1.87. The van der Waals surface area contributed by atoms with Crippen LogP contribution in [0.2, 0.25) is 0 Å². The molecule has 0 fully saturated rings. The van der Waals surface area contributed by atoms with Crippen molar-refractivity contribution in [2.24, 2.45) is 0 Å². The van der Waals surface area contributed by atoms with Crippen LogP contribution in [0.15, 0.2) is 4.52 Å². The predicted octanol–water partition coefficient (Wildman–Crippen LogP) is 1.17. The van der Waals surface area contributed by atoms with Gasteiger partial charge in [-0.2, -0.15) is 0 Å². The molecule has 0 bridgehead atoms. The van der Waals surface area contributed by atoms with Crippen LogP contribution in [0.1, 0.15) is 30.4 Å². The van der Waals surface area contributed by atoms with Gasteiger partial charge in [0.2, 0.25) is 5.91 Å². The molecule has 80 valence electrons. The largest absolute Gasteiger partial charge is 0.360 e. The maximum absolute atomic E-state index is 10.6. The lowest BCUT2D eigenvalue weighted by Gasteiger charge is -1.94. The maximum atomic E-state index is 10.6. The van der Waals surface area contributed by atoms with Crippen LogP contribution >= 0.6 is 0 Å². The number of rotatable bonds is 2. The molecule has 0 aromatic carbocycles.